The van der Waals surface area contributed by atoms with Gasteiger partial charge in [-0.2, -0.15) is 0 Å². The molecular weight excluding hydrogens is 364 g/mol. The minimum atomic E-state index is -0.214. The maximum absolute atomic E-state index is 13.3. The normalized spacial score (nSPS) is 15.6. The highest BCUT2D eigenvalue weighted by Crippen LogP contribution is 2.37. The number of nitrogens with zero attached hydrogens (tertiary/aromatic N) is 1. The van der Waals surface area contributed by atoms with Crippen molar-refractivity contribution in [2.24, 2.45) is 5.92 Å². The summed E-state index contributed by atoms with van der Waals surface area (Å²) in [7, 11) is 1.67. The zero-order chi connectivity index (χ0) is 21.0. The van der Waals surface area contributed by atoms with Crippen molar-refractivity contribution in [2.75, 3.05) is 13.7 Å². The standard InChI is InChI=1S/C24H28N2O3/c1-5-22(27)25-15-17-6-8-18(9-7-17)24(28)26-13-12-19-14-20(29-4)10-11-21(19)23(26)16(2)3/h5-11,14,16,23H,1,12-13,15H2,2-4H3,(H,25,27). The number of carbonyl (C=O) groups excluding carboxylic acids is 2. The third-order valence-electron chi connectivity index (χ3n) is 5.37. The van der Waals surface area contributed by atoms with Crippen LogP contribution in [0.25, 0.3) is 0 Å². The smallest absolute Gasteiger partial charge is 0.254 e. The lowest BCUT2D eigenvalue weighted by molar-refractivity contribution is -0.116. The minimum Gasteiger partial charge on any atom is -0.497 e. The van der Waals surface area contributed by atoms with Crippen LogP contribution in [0.5, 0.6) is 5.75 Å². The summed E-state index contributed by atoms with van der Waals surface area (Å²) in [5.41, 5.74) is 4.05. The molecule has 1 aliphatic rings. The van der Waals surface area contributed by atoms with E-state index in [0.29, 0.717) is 24.6 Å². The van der Waals surface area contributed by atoms with Crippen LogP contribution in [0.2, 0.25) is 0 Å². The number of amides is 2. The second-order valence-electron chi connectivity index (χ2n) is 7.62. The van der Waals surface area contributed by atoms with Gasteiger partial charge in [-0.3, -0.25) is 9.59 Å². The Morgan fingerprint density at radius 1 is 1.24 bits per heavy atom. The fourth-order valence-electron chi connectivity index (χ4n) is 3.90. The SMILES string of the molecule is C=CC(=O)NCc1ccc(C(=O)N2CCc3cc(OC)ccc3C2C(C)C)cc1. The van der Waals surface area contributed by atoms with Crippen LogP contribution in [0.4, 0.5) is 0 Å². The van der Waals surface area contributed by atoms with Crippen LogP contribution in [0, 0.1) is 5.92 Å². The molecule has 0 bridgehead atoms. The number of hydrogen-bond acceptors (Lipinski definition) is 3. The summed E-state index contributed by atoms with van der Waals surface area (Å²) in [5.74, 6) is 0.963. The molecule has 0 fully saturated rings. The average Bonchev–Trinajstić information content (AvgIpc) is 2.75. The first-order chi connectivity index (χ1) is 13.9. The molecule has 0 aromatic heterocycles. The summed E-state index contributed by atoms with van der Waals surface area (Å²) < 4.78 is 5.36. The Hall–Kier alpha value is -3.08. The van der Waals surface area contributed by atoms with Gasteiger partial charge in [0.25, 0.3) is 5.91 Å². The predicted octanol–water partition coefficient (Wildman–Crippen LogP) is 3.89. The zero-order valence-electron chi connectivity index (χ0n) is 17.3. The number of ether oxygens (including phenoxy) is 1. The monoisotopic (exact) mass is 392 g/mol. The molecular formula is C24H28N2O3. The van der Waals surface area contributed by atoms with E-state index in [2.05, 4.69) is 37.9 Å². The van der Waals surface area contributed by atoms with E-state index in [9.17, 15) is 9.59 Å². The molecule has 0 spiro atoms. The molecule has 2 aromatic rings. The Kier molecular flexibility index (Phi) is 6.37. The molecule has 0 saturated carbocycles. The molecule has 5 nitrogen and oxygen atoms in total. The van der Waals surface area contributed by atoms with Crippen molar-refractivity contribution in [2.45, 2.75) is 32.9 Å². The molecule has 3 rings (SSSR count). The van der Waals surface area contributed by atoms with E-state index in [1.165, 1.54) is 17.2 Å². The molecule has 5 heteroatoms. The Morgan fingerprint density at radius 2 is 1.97 bits per heavy atom. The lowest BCUT2D eigenvalue weighted by Crippen LogP contribution is -2.42. The van der Waals surface area contributed by atoms with E-state index in [0.717, 1.165) is 17.7 Å². The van der Waals surface area contributed by atoms with Crippen molar-refractivity contribution in [3.8, 4) is 5.75 Å². The molecule has 1 N–H and O–H groups in total. The highest BCUT2D eigenvalue weighted by atomic mass is 16.5. The summed E-state index contributed by atoms with van der Waals surface area (Å²) in [6.07, 6.45) is 2.06. The van der Waals surface area contributed by atoms with Crippen molar-refractivity contribution >= 4 is 11.8 Å². The predicted molar refractivity (Wildman–Crippen MR) is 114 cm³/mol. The van der Waals surface area contributed by atoms with Gasteiger partial charge in [-0.25, -0.2) is 0 Å². The maximum atomic E-state index is 13.3. The molecule has 2 amide bonds. The van der Waals surface area contributed by atoms with Crippen LogP contribution < -0.4 is 10.1 Å². The van der Waals surface area contributed by atoms with Crippen molar-refractivity contribution in [3.63, 3.8) is 0 Å². The number of nitrogens with one attached hydrogen (secondary N) is 1. The van der Waals surface area contributed by atoms with Gasteiger partial charge in [-0.05, 0) is 59.4 Å². The Labute approximate surface area is 172 Å². The fraction of sp³-hybridized carbons (Fsp3) is 0.333. The van der Waals surface area contributed by atoms with Crippen LogP contribution in [0.3, 0.4) is 0 Å². The average molecular weight is 392 g/mol. The van der Waals surface area contributed by atoms with Gasteiger partial charge in [0.05, 0.1) is 13.2 Å². The molecule has 0 aliphatic carbocycles. The summed E-state index contributed by atoms with van der Waals surface area (Å²) in [5, 5.41) is 2.74. The number of methoxy groups -OCH3 is 1. The van der Waals surface area contributed by atoms with Crippen LogP contribution in [0.15, 0.2) is 55.1 Å². The lowest BCUT2D eigenvalue weighted by atomic mass is 9.85. The molecule has 0 saturated heterocycles. The van der Waals surface area contributed by atoms with Crippen molar-refractivity contribution < 1.29 is 14.3 Å². The molecule has 1 unspecified atom stereocenters. The summed E-state index contributed by atoms with van der Waals surface area (Å²) in [6, 6.07) is 13.6. The van der Waals surface area contributed by atoms with E-state index in [1.807, 2.05) is 35.2 Å². The first-order valence-corrected chi connectivity index (χ1v) is 9.91. The number of hydrogen-bond donors (Lipinski definition) is 1. The van der Waals surface area contributed by atoms with Crippen molar-refractivity contribution in [1.82, 2.24) is 10.2 Å². The summed E-state index contributed by atoms with van der Waals surface area (Å²) in [4.78, 5) is 26.6. The highest BCUT2D eigenvalue weighted by Gasteiger charge is 2.33. The number of benzene rings is 2. The van der Waals surface area contributed by atoms with Gasteiger partial charge in [-0.1, -0.05) is 38.6 Å². The van der Waals surface area contributed by atoms with Gasteiger partial charge in [0.2, 0.25) is 5.91 Å². The van der Waals surface area contributed by atoms with E-state index in [1.54, 1.807) is 7.11 Å². The third kappa shape index (κ3) is 4.50. The van der Waals surface area contributed by atoms with Crippen LogP contribution in [0.1, 0.15) is 46.9 Å². The van der Waals surface area contributed by atoms with Crippen LogP contribution in [-0.2, 0) is 17.8 Å². The quantitative estimate of drug-likeness (QED) is 0.759. The van der Waals surface area contributed by atoms with E-state index in [-0.39, 0.29) is 17.9 Å². The number of fused-ring (bicyclic) bond motifs is 1. The van der Waals surface area contributed by atoms with Crippen molar-refractivity contribution in [3.05, 3.63) is 77.4 Å². The first kappa shape index (κ1) is 20.6. The van der Waals surface area contributed by atoms with Gasteiger partial charge < -0.3 is 15.0 Å². The van der Waals surface area contributed by atoms with Crippen LogP contribution >= 0.6 is 0 Å². The molecule has 152 valence electrons. The topological polar surface area (TPSA) is 58.6 Å². The molecule has 29 heavy (non-hydrogen) atoms. The van der Waals surface area contributed by atoms with Gasteiger partial charge in [-0.15, -0.1) is 0 Å². The lowest BCUT2D eigenvalue weighted by Gasteiger charge is -2.40. The second kappa shape index (κ2) is 8.95. The third-order valence-corrected chi connectivity index (χ3v) is 5.37. The van der Waals surface area contributed by atoms with Gasteiger partial charge >= 0.3 is 0 Å². The summed E-state index contributed by atoms with van der Waals surface area (Å²) in [6.45, 7) is 8.83. The number of rotatable bonds is 6. The second-order valence-corrected chi connectivity index (χ2v) is 7.62. The first-order valence-electron chi connectivity index (χ1n) is 9.91. The van der Waals surface area contributed by atoms with Gasteiger partial charge in [0.1, 0.15) is 5.75 Å². The molecule has 2 aromatic carbocycles. The zero-order valence-corrected chi connectivity index (χ0v) is 17.3. The largest absolute Gasteiger partial charge is 0.497 e. The van der Waals surface area contributed by atoms with E-state index >= 15 is 0 Å². The minimum absolute atomic E-state index is 0.0312. The molecule has 1 atom stereocenters. The summed E-state index contributed by atoms with van der Waals surface area (Å²) >= 11 is 0. The Morgan fingerprint density at radius 3 is 2.59 bits per heavy atom. The number of carbonyl (C=O) groups is 2. The maximum Gasteiger partial charge on any atom is 0.254 e. The molecule has 0 radical (unpaired) electrons. The van der Waals surface area contributed by atoms with Crippen LogP contribution in [-0.4, -0.2) is 30.4 Å². The Balaban J connectivity index is 1.80. The molecule has 1 aliphatic heterocycles. The van der Waals surface area contributed by atoms with Crippen molar-refractivity contribution in [1.29, 1.82) is 0 Å². The highest BCUT2D eigenvalue weighted by molar-refractivity contribution is 5.94. The molecule has 1 heterocycles. The van der Waals surface area contributed by atoms with Gasteiger partial charge in [0, 0.05) is 18.7 Å². The van der Waals surface area contributed by atoms with Gasteiger partial charge in [0.15, 0.2) is 0 Å². The van der Waals surface area contributed by atoms with E-state index in [4.69, 9.17) is 4.74 Å². The van der Waals surface area contributed by atoms with E-state index < -0.39 is 0 Å². The fourth-order valence-corrected chi connectivity index (χ4v) is 3.90. The Bertz CT molecular complexity index is 903.